The zero-order valence-corrected chi connectivity index (χ0v) is 11.4. The first-order valence-corrected chi connectivity index (χ1v) is 5.97. The van der Waals surface area contributed by atoms with Gasteiger partial charge in [-0.2, -0.15) is 0 Å². The van der Waals surface area contributed by atoms with Gasteiger partial charge in [0.2, 0.25) is 0 Å². The minimum atomic E-state index is 0. The number of imidazole rings is 1. The monoisotopic (exact) mass is 274 g/mol. The summed E-state index contributed by atoms with van der Waals surface area (Å²) in [5.41, 5.74) is 9.89. The van der Waals surface area contributed by atoms with Gasteiger partial charge in [0.05, 0.1) is 11.4 Å². The number of aryl methyl sites for hydroxylation is 1. The van der Waals surface area contributed by atoms with Gasteiger partial charge in [0.15, 0.2) is 0 Å². The van der Waals surface area contributed by atoms with Gasteiger partial charge in [-0.05, 0) is 30.7 Å². The smallest absolute Gasteiger partial charge is 0.137 e. The van der Waals surface area contributed by atoms with E-state index >= 15 is 0 Å². The normalized spacial score (nSPS) is 10.4. The van der Waals surface area contributed by atoms with Crippen LogP contribution in [0.25, 0.3) is 16.9 Å². The maximum absolute atomic E-state index is 5.74. The lowest BCUT2D eigenvalue weighted by Gasteiger charge is -2.10. The summed E-state index contributed by atoms with van der Waals surface area (Å²) >= 11 is 0. The average molecular weight is 275 g/mol. The molecule has 0 saturated heterocycles. The highest BCUT2D eigenvalue weighted by atomic mass is 35.5. The van der Waals surface area contributed by atoms with Crippen LogP contribution in [0.1, 0.15) is 12.6 Å². The van der Waals surface area contributed by atoms with E-state index < -0.39 is 0 Å². The molecule has 3 rings (SSSR count). The van der Waals surface area contributed by atoms with E-state index in [2.05, 4.69) is 27.4 Å². The second kappa shape index (κ2) is 5.28. The number of fused-ring (bicyclic) bond motifs is 1. The summed E-state index contributed by atoms with van der Waals surface area (Å²) in [4.78, 5) is 8.70. The van der Waals surface area contributed by atoms with E-state index in [4.69, 9.17) is 5.73 Å². The molecule has 0 aliphatic rings. The van der Waals surface area contributed by atoms with Crippen LogP contribution in [-0.2, 0) is 6.42 Å². The van der Waals surface area contributed by atoms with Crippen molar-refractivity contribution in [2.24, 2.45) is 0 Å². The lowest BCUT2D eigenvalue weighted by Crippen LogP contribution is -2.00. The van der Waals surface area contributed by atoms with Gasteiger partial charge in [0, 0.05) is 18.0 Å². The summed E-state index contributed by atoms with van der Waals surface area (Å²) < 4.78 is 2.06. The number of nitrogens with two attached hydrogens (primary N) is 1. The topological polar surface area (TPSA) is 56.2 Å². The number of rotatable bonds is 2. The molecule has 5 heteroatoms. The second-order valence-electron chi connectivity index (χ2n) is 4.15. The molecule has 0 radical (unpaired) electrons. The molecule has 98 valence electrons. The number of hydrogen-bond acceptors (Lipinski definition) is 3. The third-order valence-corrected chi connectivity index (χ3v) is 3.03. The van der Waals surface area contributed by atoms with Crippen LogP contribution in [0, 0.1) is 0 Å². The average Bonchev–Trinajstić information content (AvgIpc) is 2.86. The molecule has 0 aliphatic heterocycles. The number of nitrogens with zero attached hydrogens (tertiary/aromatic N) is 3. The lowest BCUT2D eigenvalue weighted by atomic mass is 10.1. The SMILES string of the molecule is CCc1nc(N)ccc1-c1cccc2nccn12.Cl. The molecule has 0 fully saturated rings. The van der Waals surface area contributed by atoms with Gasteiger partial charge in [0.1, 0.15) is 11.5 Å². The van der Waals surface area contributed by atoms with Crippen molar-refractivity contribution >= 4 is 23.9 Å². The molecule has 2 N–H and O–H groups in total. The van der Waals surface area contributed by atoms with Crippen molar-refractivity contribution in [2.45, 2.75) is 13.3 Å². The van der Waals surface area contributed by atoms with Gasteiger partial charge in [-0.25, -0.2) is 9.97 Å². The molecule has 19 heavy (non-hydrogen) atoms. The summed E-state index contributed by atoms with van der Waals surface area (Å²) in [7, 11) is 0. The fourth-order valence-corrected chi connectivity index (χ4v) is 2.19. The molecule has 3 heterocycles. The third-order valence-electron chi connectivity index (χ3n) is 3.03. The standard InChI is InChI=1S/C14H14N4.ClH/c1-2-11-10(6-7-13(15)17-11)12-4-3-5-14-16-8-9-18(12)14;/h3-9H,2H2,1H3,(H2,15,17);1H. The first-order chi connectivity index (χ1) is 8.79. The molecule has 3 aromatic heterocycles. The molecule has 0 aliphatic carbocycles. The van der Waals surface area contributed by atoms with E-state index in [0.717, 1.165) is 29.0 Å². The Labute approximate surface area is 117 Å². The van der Waals surface area contributed by atoms with E-state index in [1.54, 1.807) is 6.20 Å². The predicted molar refractivity (Wildman–Crippen MR) is 79.5 cm³/mol. The van der Waals surface area contributed by atoms with Crippen molar-refractivity contribution in [3.05, 3.63) is 48.4 Å². The number of halogens is 1. The maximum Gasteiger partial charge on any atom is 0.137 e. The number of nitrogen functional groups attached to an aromatic ring is 1. The van der Waals surface area contributed by atoms with Crippen LogP contribution >= 0.6 is 12.4 Å². The Morgan fingerprint density at radius 1 is 1.21 bits per heavy atom. The maximum atomic E-state index is 5.74. The highest BCUT2D eigenvalue weighted by molar-refractivity contribution is 5.85. The molecule has 0 saturated carbocycles. The minimum absolute atomic E-state index is 0. The molecular weight excluding hydrogens is 260 g/mol. The van der Waals surface area contributed by atoms with Crippen LogP contribution in [0.5, 0.6) is 0 Å². The summed E-state index contributed by atoms with van der Waals surface area (Å²) in [6.45, 7) is 2.08. The van der Waals surface area contributed by atoms with E-state index in [9.17, 15) is 0 Å². The number of aromatic nitrogens is 3. The van der Waals surface area contributed by atoms with Crippen LogP contribution < -0.4 is 5.73 Å². The van der Waals surface area contributed by atoms with Crippen LogP contribution in [0.3, 0.4) is 0 Å². The fourth-order valence-electron chi connectivity index (χ4n) is 2.19. The summed E-state index contributed by atoms with van der Waals surface area (Å²) in [5.74, 6) is 0.563. The van der Waals surface area contributed by atoms with Gasteiger partial charge >= 0.3 is 0 Å². The Hall–Kier alpha value is -2.07. The fraction of sp³-hybridized carbons (Fsp3) is 0.143. The van der Waals surface area contributed by atoms with Gasteiger partial charge in [-0.3, -0.25) is 4.40 Å². The van der Waals surface area contributed by atoms with Crippen LogP contribution in [0.4, 0.5) is 5.82 Å². The van der Waals surface area contributed by atoms with Gasteiger partial charge in [-0.15, -0.1) is 12.4 Å². The Balaban J connectivity index is 0.00000133. The molecule has 0 atom stereocenters. The van der Waals surface area contributed by atoms with Gasteiger partial charge in [0.25, 0.3) is 0 Å². The predicted octanol–water partition coefficient (Wildman–Crippen LogP) is 2.96. The number of pyridine rings is 2. The van der Waals surface area contributed by atoms with Crippen molar-refractivity contribution in [3.63, 3.8) is 0 Å². The van der Waals surface area contributed by atoms with E-state index in [0.29, 0.717) is 5.82 Å². The molecule has 0 amide bonds. The van der Waals surface area contributed by atoms with Crippen molar-refractivity contribution in [1.82, 2.24) is 14.4 Å². The Bertz CT molecular complexity index is 705. The van der Waals surface area contributed by atoms with Crippen LogP contribution in [0.2, 0.25) is 0 Å². The number of hydrogen-bond donors (Lipinski definition) is 1. The van der Waals surface area contributed by atoms with Crippen molar-refractivity contribution in [1.29, 1.82) is 0 Å². The molecule has 0 spiro atoms. The summed E-state index contributed by atoms with van der Waals surface area (Å²) in [6.07, 6.45) is 4.61. The largest absolute Gasteiger partial charge is 0.384 e. The summed E-state index contributed by atoms with van der Waals surface area (Å²) in [6, 6.07) is 9.93. The minimum Gasteiger partial charge on any atom is -0.384 e. The zero-order valence-electron chi connectivity index (χ0n) is 10.6. The van der Waals surface area contributed by atoms with Gasteiger partial charge < -0.3 is 5.73 Å². The highest BCUT2D eigenvalue weighted by Gasteiger charge is 2.09. The highest BCUT2D eigenvalue weighted by Crippen LogP contribution is 2.24. The lowest BCUT2D eigenvalue weighted by molar-refractivity contribution is 1.03. The Kier molecular flexibility index (Phi) is 3.71. The zero-order chi connectivity index (χ0) is 12.5. The van der Waals surface area contributed by atoms with Crippen LogP contribution in [0.15, 0.2) is 42.7 Å². The third kappa shape index (κ3) is 2.27. The first kappa shape index (κ1) is 13.4. The molecule has 0 aromatic carbocycles. The molecule has 0 bridgehead atoms. The molecule has 4 nitrogen and oxygen atoms in total. The number of anilines is 1. The van der Waals surface area contributed by atoms with E-state index in [1.807, 2.05) is 30.5 Å². The molecule has 0 unspecified atom stereocenters. The first-order valence-electron chi connectivity index (χ1n) is 5.97. The van der Waals surface area contributed by atoms with Crippen molar-refractivity contribution < 1.29 is 0 Å². The van der Waals surface area contributed by atoms with Crippen LogP contribution in [-0.4, -0.2) is 14.4 Å². The van der Waals surface area contributed by atoms with Crippen molar-refractivity contribution in [3.8, 4) is 11.3 Å². The van der Waals surface area contributed by atoms with E-state index in [-0.39, 0.29) is 12.4 Å². The van der Waals surface area contributed by atoms with Crippen molar-refractivity contribution in [2.75, 3.05) is 5.73 Å². The van der Waals surface area contributed by atoms with Gasteiger partial charge in [-0.1, -0.05) is 13.0 Å². The second-order valence-corrected chi connectivity index (χ2v) is 4.15. The Morgan fingerprint density at radius 2 is 2.05 bits per heavy atom. The summed E-state index contributed by atoms with van der Waals surface area (Å²) in [5, 5.41) is 0. The Morgan fingerprint density at radius 3 is 2.84 bits per heavy atom. The van der Waals surface area contributed by atoms with E-state index in [1.165, 1.54) is 0 Å². The quantitative estimate of drug-likeness (QED) is 0.782. The molecular formula is C14H15ClN4. The molecule has 3 aromatic rings.